The Labute approximate surface area is 182 Å². The maximum absolute atomic E-state index is 13.3. The molecular formula is C22H29ClN4O3. The number of ketones is 2. The fourth-order valence-electron chi connectivity index (χ4n) is 5.08. The van der Waals surface area contributed by atoms with E-state index in [4.69, 9.17) is 22.1 Å². The van der Waals surface area contributed by atoms with Crippen molar-refractivity contribution in [2.75, 3.05) is 20.2 Å². The molecule has 1 spiro atoms. The van der Waals surface area contributed by atoms with Gasteiger partial charge in [-0.25, -0.2) is 4.98 Å². The lowest BCUT2D eigenvalue weighted by molar-refractivity contribution is -0.129. The van der Waals surface area contributed by atoms with Crippen LogP contribution < -0.4 is 10.5 Å². The van der Waals surface area contributed by atoms with E-state index in [1.54, 1.807) is 0 Å². The van der Waals surface area contributed by atoms with E-state index in [-0.39, 0.29) is 28.4 Å². The molecule has 0 amide bonds. The molecule has 2 aliphatic carbocycles. The molecule has 0 bridgehead atoms. The van der Waals surface area contributed by atoms with Crippen molar-refractivity contribution < 1.29 is 14.3 Å². The van der Waals surface area contributed by atoms with Gasteiger partial charge in [0, 0.05) is 29.8 Å². The number of hydrogen-bond acceptors (Lipinski definition) is 7. The van der Waals surface area contributed by atoms with Crippen molar-refractivity contribution in [1.82, 2.24) is 14.9 Å². The zero-order chi connectivity index (χ0) is 21.3. The average molecular weight is 433 g/mol. The lowest BCUT2D eigenvalue weighted by atomic mass is 9.64. The van der Waals surface area contributed by atoms with Crippen molar-refractivity contribution in [3.8, 4) is 5.88 Å². The normalized spacial score (nSPS) is 27.7. The molecule has 1 saturated carbocycles. The van der Waals surface area contributed by atoms with Crippen LogP contribution in [0.2, 0.25) is 5.15 Å². The summed E-state index contributed by atoms with van der Waals surface area (Å²) in [5, 5.41) is 0.154. The highest BCUT2D eigenvalue weighted by Crippen LogP contribution is 2.47. The first-order chi connectivity index (χ1) is 14.4. The molecule has 1 aromatic heterocycles. The first kappa shape index (κ1) is 21.2. The highest BCUT2D eigenvalue weighted by Gasteiger charge is 2.46. The molecule has 0 radical (unpaired) electrons. The highest BCUT2D eigenvalue weighted by atomic mass is 35.5. The number of aromatic nitrogens is 2. The molecule has 1 saturated heterocycles. The number of likely N-dealkylation sites (tertiary alicyclic amines) is 1. The third-order valence-electron chi connectivity index (χ3n) is 6.91. The van der Waals surface area contributed by atoms with E-state index in [0.717, 1.165) is 38.6 Å². The van der Waals surface area contributed by atoms with E-state index >= 15 is 0 Å². The van der Waals surface area contributed by atoms with Crippen molar-refractivity contribution in [1.29, 1.82) is 0 Å². The third-order valence-corrected chi connectivity index (χ3v) is 7.10. The Hall–Kier alpha value is -1.99. The largest absolute Gasteiger partial charge is 0.476 e. The van der Waals surface area contributed by atoms with Crippen LogP contribution in [0.25, 0.3) is 0 Å². The summed E-state index contributed by atoms with van der Waals surface area (Å²) in [5.74, 6) is 0.0795. The molecule has 2 atom stereocenters. The Morgan fingerprint density at radius 3 is 2.80 bits per heavy atom. The van der Waals surface area contributed by atoms with Gasteiger partial charge in [-0.05, 0) is 58.5 Å². The van der Waals surface area contributed by atoms with Crippen molar-refractivity contribution in [3.63, 3.8) is 0 Å². The number of hydrogen-bond donors (Lipinski definition) is 1. The van der Waals surface area contributed by atoms with Crippen LogP contribution in [0, 0.1) is 5.41 Å². The second-order valence-electron chi connectivity index (χ2n) is 8.73. The summed E-state index contributed by atoms with van der Waals surface area (Å²) in [6.45, 7) is 1.54. The van der Waals surface area contributed by atoms with Crippen LogP contribution in [0.3, 0.4) is 0 Å². The zero-order valence-corrected chi connectivity index (χ0v) is 18.2. The number of nitrogens with zero attached hydrogens (tertiary/aromatic N) is 3. The summed E-state index contributed by atoms with van der Waals surface area (Å²) >= 11 is 6.16. The molecule has 0 aromatic carbocycles. The summed E-state index contributed by atoms with van der Waals surface area (Å²) in [6, 6.07) is 1.85. The van der Waals surface area contributed by atoms with Gasteiger partial charge in [0.05, 0.1) is 5.41 Å². The van der Waals surface area contributed by atoms with Crippen LogP contribution in [0.5, 0.6) is 5.88 Å². The molecule has 2 fully saturated rings. The second kappa shape index (κ2) is 8.63. The lowest BCUT2D eigenvalue weighted by Crippen LogP contribution is -2.42. The molecule has 2 N–H and O–H groups in total. The number of allylic oxidation sites excluding steroid dienone is 2. The Kier molecular flexibility index (Phi) is 6.11. The van der Waals surface area contributed by atoms with E-state index in [9.17, 15) is 9.59 Å². The van der Waals surface area contributed by atoms with Crippen molar-refractivity contribution in [2.24, 2.45) is 11.1 Å². The molecular weight excluding hydrogens is 404 g/mol. The number of carbonyl (C=O) groups is 2. The number of ether oxygens (including phenoxy) is 1. The molecule has 1 aliphatic heterocycles. The predicted molar refractivity (Wildman–Crippen MR) is 113 cm³/mol. The fraction of sp³-hybridized carbons (Fsp3) is 0.636. The van der Waals surface area contributed by atoms with Gasteiger partial charge in [-0.1, -0.05) is 18.0 Å². The van der Waals surface area contributed by atoms with E-state index in [0.29, 0.717) is 49.6 Å². The van der Waals surface area contributed by atoms with Gasteiger partial charge in [0.2, 0.25) is 17.5 Å². The molecule has 4 rings (SSSR count). The number of carbonyl (C=O) groups excluding carboxylic acids is 2. The van der Waals surface area contributed by atoms with E-state index in [2.05, 4.69) is 21.9 Å². The van der Waals surface area contributed by atoms with Gasteiger partial charge in [-0.3, -0.25) is 9.59 Å². The molecule has 2 heterocycles. The summed E-state index contributed by atoms with van der Waals surface area (Å²) in [7, 11) is 2.07. The smallest absolute Gasteiger partial charge is 0.228 e. The van der Waals surface area contributed by atoms with Crippen molar-refractivity contribution in [3.05, 3.63) is 28.3 Å². The predicted octanol–water partition coefficient (Wildman–Crippen LogP) is 3.31. The summed E-state index contributed by atoms with van der Waals surface area (Å²) < 4.78 is 5.84. The van der Waals surface area contributed by atoms with Crippen LogP contribution in [0.15, 0.2) is 17.3 Å². The first-order valence-electron chi connectivity index (χ1n) is 10.9. The number of rotatable bonds is 5. The maximum atomic E-state index is 13.3. The minimum absolute atomic E-state index is 0.0180. The van der Waals surface area contributed by atoms with Gasteiger partial charge in [0.1, 0.15) is 17.5 Å². The molecule has 3 aliphatic rings. The molecule has 30 heavy (non-hydrogen) atoms. The van der Waals surface area contributed by atoms with Gasteiger partial charge in [-0.2, -0.15) is 4.98 Å². The van der Waals surface area contributed by atoms with E-state index in [1.165, 1.54) is 6.07 Å². The molecule has 7 nitrogen and oxygen atoms in total. The minimum atomic E-state index is -0.688. The monoisotopic (exact) mass is 432 g/mol. The summed E-state index contributed by atoms with van der Waals surface area (Å²) in [4.78, 5) is 36.7. The number of nitrogens with two attached hydrogens (primary N) is 1. The second-order valence-corrected chi connectivity index (χ2v) is 9.11. The van der Waals surface area contributed by atoms with Gasteiger partial charge in [0.15, 0.2) is 0 Å². The Morgan fingerprint density at radius 2 is 2.07 bits per heavy atom. The summed E-state index contributed by atoms with van der Waals surface area (Å²) in [6.07, 6.45) is 7.31. The Balaban J connectivity index is 1.58. The minimum Gasteiger partial charge on any atom is -0.476 e. The topological polar surface area (TPSA) is 98.4 Å². The third kappa shape index (κ3) is 3.97. The molecule has 162 valence electrons. The van der Waals surface area contributed by atoms with Gasteiger partial charge in [0.25, 0.3) is 0 Å². The first-order valence-corrected chi connectivity index (χ1v) is 11.2. The maximum Gasteiger partial charge on any atom is 0.228 e. The SMILES string of the molecule is CN1CCC[C@H]1COc1cc(Cl)nc(C(=O)C2=C(N)[C@]3(CCCCC3=O)CCC2)n1. The summed E-state index contributed by atoms with van der Waals surface area (Å²) in [5.41, 5.74) is 6.65. The molecule has 0 unspecified atom stereocenters. The Bertz CT molecular complexity index is 887. The van der Waals surface area contributed by atoms with Crippen LogP contribution in [0.4, 0.5) is 0 Å². The Morgan fingerprint density at radius 1 is 1.27 bits per heavy atom. The molecule has 8 heteroatoms. The van der Waals surface area contributed by atoms with Gasteiger partial charge in [-0.15, -0.1) is 0 Å². The van der Waals surface area contributed by atoms with Gasteiger partial charge < -0.3 is 15.4 Å². The van der Waals surface area contributed by atoms with E-state index < -0.39 is 5.41 Å². The van der Waals surface area contributed by atoms with Crippen LogP contribution in [0.1, 0.15) is 68.4 Å². The van der Waals surface area contributed by atoms with Crippen molar-refractivity contribution >= 4 is 23.2 Å². The average Bonchev–Trinajstić information content (AvgIpc) is 3.14. The van der Waals surface area contributed by atoms with Crippen molar-refractivity contribution in [2.45, 2.75) is 63.8 Å². The quantitative estimate of drug-likeness (QED) is 0.562. The van der Waals surface area contributed by atoms with Gasteiger partial charge >= 0.3 is 0 Å². The lowest BCUT2D eigenvalue weighted by Gasteiger charge is -2.40. The number of halogens is 1. The number of likely N-dealkylation sites (N-methyl/N-ethyl adjacent to an activating group) is 1. The number of Topliss-reactive ketones (excluding diaryl/α,β-unsaturated/α-hetero) is 2. The molecule has 1 aromatic rings. The fourth-order valence-corrected chi connectivity index (χ4v) is 5.25. The van der Waals surface area contributed by atoms with Crippen LogP contribution >= 0.6 is 11.6 Å². The zero-order valence-electron chi connectivity index (χ0n) is 17.5. The highest BCUT2D eigenvalue weighted by molar-refractivity contribution is 6.29. The van der Waals surface area contributed by atoms with Crippen LogP contribution in [-0.4, -0.2) is 52.7 Å². The van der Waals surface area contributed by atoms with Crippen LogP contribution in [-0.2, 0) is 4.79 Å². The van der Waals surface area contributed by atoms with E-state index in [1.807, 2.05) is 0 Å². The standard InChI is InChI=1S/C22H29ClN4O3/c1-27-11-5-6-14(27)13-30-18-12-17(23)25-21(26-18)19(29)15-7-4-10-22(20(15)24)9-3-2-8-16(22)28/h12,14H,2-11,13,24H2,1H3/t14-,22+/m0/s1.